The predicted octanol–water partition coefficient (Wildman–Crippen LogP) is 3.81. The van der Waals surface area contributed by atoms with E-state index in [-0.39, 0.29) is 27.3 Å². The molecule has 114 valence electrons. The predicted molar refractivity (Wildman–Crippen MR) is 82.3 cm³/mol. The molecule has 1 fully saturated rings. The molecule has 0 aromatic heterocycles. The molecule has 2 rings (SSSR count). The summed E-state index contributed by atoms with van der Waals surface area (Å²) in [6, 6.07) is 2.32. The number of hydrogen-bond donors (Lipinski definition) is 2. The van der Waals surface area contributed by atoms with Crippen LogP contribution < -0.4 is 5.32 Å². The van der Waals surface area contributed by atoms with Gasteiger partial charge in [-0.2, -0.15) is 0 Å². The van der Waals surface area contributed by atoms with Gasteiger partial charge in [0.15, 0.2) is 0 Å². The molecular weight excluding hydrogens is 315 g/mol. The highest BCUT2D eigenvalue weighted by molar-refractivity contribution is 6.37. The summed E-state index contributed by atoms with van der Waals surface area (Å²) >= 11 is 11.8. The topological polar surface area (TPSA) is 69.6 Å². The average Bonchev–Trinajstić information content (AvgIpc) is 2.72. The van der Waals surface area contributed by atoms with Crippen molar-refractivity contribution in [1.29, 1.82) is 0 Å². The van der Waals surface area contributed by atoms with E-state index >= 15 is 0 Å². The molecule has 2 N–H and O–H groups in total. The van der Waals surface area contributed by atoms with Gasteiger partial charge in [0.05, 0.1) is 16.3 Å². The van der Waals surface area contributed by atoms with Gasteiger partial charge >= 0.3 is 12.0 Å². The number of halogens is 2. The molecule has 0 saturated carbocycles. The van der Waals surface area contributed by atoms with E-state index in [2.05, 4.69) is 19.2 Å². The average molecular weight is 331 g/mol. The van der Waals surface area contributed by atoms with Crippen LogP contribution in [0, 0.1) is 11.8 Å². The maximum atomic E-state index is 12.2. The van der Waals surface area contributed by atoms with Crippen LogP contribution in [0.4, 0.5) is 10.5 Å². The normalized spacial score (nSPS) is 21.4. The summed E-state index contributed by atoms with van der Waals surface area (Å²) < 4.78 is 0. The molecule has 0 radical (unpaired) electrons. The van der Waals surface area contributed by atoms with E-state index in [0.717, 1.165) is 0 Å². The van der Waals surface area contributed by atoms with Gasteiger partial charge < -0.3 is 15.3 Å². The number of nitrogens with zero attached hydrogens (tertiary/aromatic N) is 1. The Morgan fingerprint density at radius 3 is 2.33 bits per heavy atom. The van der Waals surface area contributed by atoms with Crippen molar-refractivity contribution in [3.05, 3.63) is 27.7 Å². The smallest absolute Gasteiger partial charge is 0.337 e. The number of urea groups is 1. The molecule has 2 unspecified atom stereocenters. The van der Waals surface area contributed by atoms with Gasteiger partial charge in [0.2, 0.25) is 0 Å². The zero-order valence-electron chi connectivity index (χ0n) is 11.7. The Kier molecular flexibility index (Phi) is 4.64. The van der Waals surface area contributed by atoms with Crippen molar-refractivity contribution in [3.8, 4) is 0 Å². The first kappa shape index (κ1) is 15.9. The van der Waals surface area contributed by atoms with Gasteiger partial charge in [-0.05, 0) is 24.0 Å². The van der Waals surface area contributed by atoms with Crippen LogP contribution in [0.3, 0.4) is 0 Å². The molecule has 1 aromatic carbocycles. The second-order valence-electron chi connectivity index (χ2n) is 5.41. The van der Waals surface area contributed by atoms with Crippen LogP contribution in [0.15, 0.2) is 12.1 Å². The second kappa shape index (κ2) is 6.12. The SMILES string of the molecule is CC1CN(C(=O)Nc2c(Cl)cc(Cl)cc2C(=O)O)CC1C. The fraction of sp³-hybridized carbons (Fsp3) is 0.429. The third-order valence-corrected chi connectivity index (χ3v) is 4.31. The van der Waals surface area contributed by atoms with Gasteiger partial charge in [0.1, 0.15) is 0 Å². The van der Waals surface area contributed by atoms with Crippen molar-refractivity contribution in [2.24, 2.45) is 11.8 Å². The van der Waals surface area contributed by atoms with Crippen molar-refractivity contribution in [3.63, 3.8) is 0 Å². The number of nitrogens with one attached hydrogen (secondary N) is 1. The lowest BCUT2D eigenvalue weighted by atomic mass is 10.0. The number of carbonyl (C=O) groups is 2. The van der Waals surface area contributed by atoms with Gasteiger partial charge in [-0.15, -0.1) is 0 Å². The number of benzene rings is 1. The highest BCUT2D eigenvalue weighted by atomic mass is 35.5. The zero-order chi connectivity index (χ0) is 15.7. The minimum Gasteiger partial charge on any atom is -0.478 e. The van der Waals surface area contributed by atoms with Crippen LogP contribution in [-0.4, -0.2) is 35.1 Å². The molecule has 1 aromatic rings. The lowest BCUT2D eigenvalue weighted by Gasteiger charge is -2.18. The van der Waals surface area contributed by atoms with Crippen LogP contribution in [0.25, 0.3) is 0 Å². The van der Waals surface area contributed by atoms with Gasteiger partial charge in [-0.3, -0.25) is 0 Å². The number of carbonyl (C=O) groups excluding carboxylic acids is 1. The fourth-order valence-corrected chi connectivity index (χ4v) is 2.89. The van der Waals surface area contributed by atoms with Crippen LogP contribution in [0.5, 0.6) is 0 Å². The summed E-state index contributed by atoms with van der Waals surface area (Å²) in [5, 5.41) is 12.1. The first-order valence-electron chi connectivity index (χ1n) is 6.58. The molecule has 0 spiro atoms. The Morgan fingerprint density at radius 1 is 1.24 bits per heavy atom. The Hall–Kier alpha value is -1.46. The van der Waals surface area contributed by atoms with Crippen molar-refractivity contribution in [2.75, 3.05) is 18.4 Å². The minimum absolute atomic E-state index is 0.0748. The molecule has 1 heterocycles. The summed E-state index contributed by atoms with van der Waals surface area (Å²) in [4.78, 5) is 25.2. The number of amides is 2. The first-order chi connectivity index (χ1) is 9.79. The van der Waals surface area contributed by atoms with Gasteiger partial charge in [-0.25, -0.2) is 9.59 Å². The molecule has 5 nitrogen and oxygen atoms in total. The van der Waals surface area contributed by atoms with E-state index < -0.39 is 5.97 Å². The number of carboxylic acids is 1. The molecule has 7 heteroatoms. The van der Waals surface area contributed by atoms with Crippen LogP contribution in [0.2, 0.25) is 10.0 Å². The number of carboxylic acid groups (broad SMARTS) is 1. The quantitative estimate of drug-likeness (QED) is 0.866. The lowest BCUT2D eigenvalue weighted by molar-refractivity contribution is 0.0698. The number of hydrogen-bond acceptors (Lipinski definition) is 2. The van der Waals surface area contributed by atoms with Crippen molar-refractivity contribution < 1.29 is 14.7 Å². The van der Waals surface area contributed by atoms with E-state index in [0.29, 0.717) is 24.9 Å². The Morgan fingerprint density at radius 2 is 1.81 bits per heavy atom. The van der Waals surface area contributed by atoms with E-state index in [9.17, 15) is 14.7 Å². The van der Waals surface area contributed by atoms with E-state index in [1.54, 1.807) is 4.90 Å². The Bertz CT molecular complexity index is 582. The molecule has 1 aliphatic rings. The molecule has 0 aliphatic carbocycles. The van der Waals surface area contributed by atoms with E-state index in [4.69, 9.17) is 23.2 Å². The van der Waals surface area contributed by atoms with Crippen LogP contribution >= 0.6 is 23.2 Å². The number of anilines is 1. The van der Waals surface area contributed by atoms with Gasteiger partial charge in [-0.1, -0.05) is 37.0 Å². The third-order valence-electron chi connectivity index (χ3n) is 3.79. The highest BCUT2D eigenvalue weighted by Gasteiger charge is 2.30. The molecular formula is C14H16Cl2N2O3. The molecule has 0 bridgehead atoms. The molecule has 1 saturated heterocycles. The Balaban J connectivity index is 2.23. The van der Waals surface area contributed by atoms with E-state index in [1.165, 1.54) is 12.1 Å². The van der Waals surface area contributed by atoms with Crippen molar-refractivity contribution in [1.82, 2.24) is 4.90 Å². The Labute approximate surface area is 132 Å². The monoisotopic (exact) mass is 330 g/mol. The summed E-state index contributed by atoms with van der Waals surface area (Å²) in [6.45, 7) is 5.44. The summed E-state index contributed by atoms with van der Waals surface area (Å²) in [6.07, 6.45) is 0. The van der Waals surface area contributed by atoms with Crippen molar-refractivity contribution >= 4 is 40.9 Å². The molecule has 21 heavy (non-hydrogen) atoms. The highest BCUT2D eigenvalue weighted by Crippen LogP contribution is 2.31. The number of rotatable bonds is 2. The fourth-order valence-electron chi connectivity index (χ4n) is 2.35. The zero-order valence-corrected chi connectivity index (χ0v) is 13.2. The third kappa shape index (κ3) is 3.41. The molecule has 2 atom stereocenters. The van der Waals surface area contributed by atoms with Gasteiger partial charge in [0, 0.05) is 18.1 Å². The summed E-state index contributed by atoms with van der Waals surface area (Å²) in [5.74, 6) is -0.372. The summed E-state index contributed by atoms with van der Waals surface area (Å²) in [7, 11) is 0. The minimum atomic E-state index is -1.20. The largest absolute Gasteiger partial charge is 0.478 e. The maximum absolute atomic E-state index is 12.2. The van der Waals surface area contributed by atoms with E-state index in [1.807, 2.05) is 0 Å². The van der Waals surface area contributed by atoms with Crippen LogP contribution in [0.1, 0.15) is 24.2 Å². The van der Waals surface area contributed by atoms with Gasteiger partial charge in [0.25, 0.3) is 0 Å². The number of aromatic carboxylic acids is 1. The number of likely N-dealkylation sites (tertiary alicyclic amines) is 1. The molecule has 1 aliphatic heterocycles. The van der Waals surface area contributed by atoms with Crippen LogP contribution in [-0.2, 0) is 0 Å². The molecule has 2 amide bonds. The van der Waals surface area contributed by atoms with Crippen molar-refractivity contribution in [2.45, 2.75) is 13.8 Å². The maximum Gasteiger partial charge on any atom is 0.337 e. The first-order valence-corrected chi connectivity index (χ1v) is 7.33. The standard InChI is InChI=1S/C14H16Cl2N2O3/c1-7-5-18(6-8(7)2)14(21)17-12-10(13(19)20)3-9(15)4-11(12)16/h3-4,7-8H,5-6H2,1-2H3,(H,17,21)(H,19,20). The second-order valence-corrected chi connectivity index (χ2v) is 6.25. The summed E-state index contributed by atoms with van der Waals surface area (Å²) in [5.41, 5.74) is -0.0492. The lowest BCUT2D eigenvalue weighted by Crippen LogP contribution is -2.33.